The quantitative estimate of drug-likeness (QED) is 0.341. The topological polar surface area (TPSA) is 90.6 Å². The fraction of sp³-hybridized carbons (Fsp3) is 0.238. The largest absolute Gasteiger partial charge is 0.433 e. The zero-order valence-corrected chi connectivity index (χ0v) is 19.1. The van der Waals surface area contributed by atoms with Crippen LogP contribution >= 0.6 is 0 Å². The summed E-state index contributed by atoms with van der Waals surface area (Å²) in [4.78, 5) is 14.5. The molecule has 0 fully saturated rings. The number of hydrogen-bond acceptors (Lipinski definition) is 6. The Bertz CT molecular complexity index is 1590. The summed E-state index contributed by atoms with van der Waals surface area (Å²) in [6, 6.07) is 1.90. The summed E-state index contributed by atoms with van der Waals surface area (Å²) in [6.45, 7) is 1.32. The molecule has 0 unspecified atom stereocenters. The lowest BCUT2D eigenvalue weighted by molar-refractivity contribution is -0.141. The fourth-order valence-corrected chi connectivity index (χ4v) is 4.45. The number of halogens is 7. The first-order valence-electron chi connectivity index (χ1n) is 9.99. The maximum Gasteiger partial charge on any atom is 0.433 e. The first kappa shape index (κ1) is 25.5. The SMILES string of the molecule is CCS(=O)(=O)c1cc(-c2ncc(C(F)(F)F)cc2F)cnc1-c1nc2cc(C(F)(F)F)ncc2n1C. The molecule has 0 amide bonds. The van der Waals surface area contributed by atoms with Crippen LogP contribution in [0.2, 0.25) is 0 Å². The number of nitrogens with zero attached hydrogens (tertiary/aromatic N) is 5. The van der Waals surface area contributed by atoms with Gasteiger partial charge in [-0.1, -0.05) is 6.92 Å². The van der Waals surface area contributed by atoms with E-state index < -0.39 is 55.6 Å². The molecule has 0 spiro atoms. The molecular formula is C21H14F7N5O2S. The van der Waals surface area contributed by atoms with Crippen LogP contribution < -0.4 is 0 Å². The van der Waals surface area contributed by atoms with E-state index in [2.05, 4.69) is 19.9 Å². The van der Waals surface area contributed by atoms with E-state index in [4.69, 9.17) is 0 Å². The Hall–Kier alpha value is -3.62. The normalized spacial score (nSPS) is 12.9. The average molecular weight is 533 g/mol. The van der Waals surface area contributed by atoms with Gasteiger partial charge in [-0.05, 0) is 18.2 Å². The van der Waals surface area contributed by atoms with Crippen molar-refractivity contribution in [2.24, 2.45) is 7.05 Å². The van der Waals surface area contributed by atoms with Crippen molar-refractivity contribution in [2.75, 3.05) is 5.75 Å². The van der Waals surface area contributed by atoms with E-state index in [9.17, 15) is 39.2 Å². The molecule has 0 aromatic carbocycles. The average Bonchev–Trinajstić information content (AvgIpc) is 3.13. The second-order valence-corrected chi connectivity index (χ2v) is 9.82. The molecule has 0 aliphatic heterocycles. The number of aromatic nitrogens is 5. The Morgan fingerprint density at radius 1 is 0.889 bits per heavy atom. The number of fused-ring (bicyclic) bond motifs is 1. The van der Waals surface area contributed by atoms with Crippen LogP contribution in [-0.4, -0.2) is 38.7 Å². The predicted octanol–water partition coefficient (Wildman–Crippen LogP) is 5.06. The van der Waals surface area contributed by atoms with Gasteiger partial charge < -0.3 is 4.57 Å². The number of alkyl halides is 6. The van der Waals surface area contributed by atoms with E-state index in [0.717, 1.165) is 18.5 Å². The molecule has 0 N–H and O–H groups in total. The highest BCUT2D eigenvalue weighted by Gasteiger charge is 2.34. The predicted molar refractivity (Wildman–Crippen MR) is 113 cm³/mol. The number of sulfone groups is 1. The van der Waals surface area contributed by atoms with Crippen molar-refractivity contribution in [2.45, 2.75) is 24.2 Å². The van der Waals surface area contributed by atoms with Crippen LogP contribution in [0.25, 0.3) is 33.8 Å². The molecule has 0 bridgehead atoms. The minimum atomic E-state index is -4.84. The molecule has 0 atom stereocenters. The molecule has 0 saturated carbocycles. The zero-order chi connectivity index (χ0) is 26.6. The van der Waals surface area contributed by atoms with Gasteiger partial charge in [0.1, 0.15) is 22.9 Å². The summed E-state index contributed by atoms with van der Waals surface area (Å²) in [7, 11) is -2.67. The maximum absolute atomic E-state index is 14.5. The minimum absolute atomic E-state index is 0.120. The van der Waals surface area contributed by atoms with Crippen molar-refractivity contribution >= 4 is 20.9 Å². The number of imidazole rings is 1. The summed E-state index contributed by atoms with van der Waals surface area (Å²) in [6.07, 6.45) is -7.26. The highest BCUT2D eigenvalue weighted by atomic mass is 32.2. The van der Waals surface area contributed by atoms with E-state index in [1.165, 1.54) is 18.5 Å². The fourth-order valence-electron chi connectivity index (χ4n) is 3.40. The van der Waals surface area contributed by atoms with Gasteiger partial charge in [-0.3, -0.25) is 9.97 Å². The van der Waals surface area contributed by atoms with Crippen molar-refractivity contribution in [3.8, 4) is 22.8 Å². The lowest BCUT2D eigenvalue weighted by atomic mass is 10.1. The van der Waals surface area contributed by atoms with E-state index in [0.29, 0.717) is 12.3 Å². The summed E-state index contributed by atoms with van der Waals surface area (Å²) in [5.41, 5.74) is -3.56. The van der Waals surface area contributed by atoms with Gasteiger partial charge in [-0.15, -0.1) is 0 Å². The van der Waals surface area contributed by atoms with Crippen LogP contribution in [0, 0.1) is 5.82 Å². The maximum atomic E-state index is 14.5. The molecule has 4 aromatic rings. The van der Waals surface area contributed by atoms with Crippen molar-refractivity contribution in [3.05, 3.63) is 53.9 Å². The molecule has 15 heteroatoms. The molecule has 190 valence electrons. The molecule has 4 heterocycles. The van der Waals surface area contributed by atoms with Gasteiger partial charge >= 0.3 is 12.4 Å². The van der Waals surface area contributed by atoms with Gasteiger partial charge in [0.2, 0.25) is 0 Å². The van der Waals surface area contributed by atoms with Gasteiger partial charge in [-0.25, -0.2) is 22.8 Å². The molecule has 4 rings (SSSR count). The number of pyridine rings is 3. The first-order chi connectivity index (χ1) is 16.6. The minimum Gasteiger partial charge on any atom is -0.324 e. The zero-order valence-electron chi connectivity index (χ0n) is 18.3. The standard InChI is InChI=1S/C21H14F7N5O2S/c1-3-36(34,35)15-4-10(17-12(22)5-11(8-31-17)20(23,24)25)7-30-18(15)19-32-13-6-16(21(26,27)28)29-9-14(13)33(19)2/h4-9H,3H2,1-2H3. The van der Waals surface area contributed by atoms with Crippen LogP contribution in [0.4, 0.5) is 30.7 Å². The lowest BCUT2D eigenvalue weighted by Crippen LogP contribution is -2.10. The van der Waals surface area contributed by atoms with Crippen molar-refractivity contribution < 1.29 is 39.2 Å². The smallest absolute Gasteiger partial charge is 0.324 e. The Balaban J connectivity index is 1.92. The molecular weight excluding hydrogens is 519 g/mol. The van der Waals surface area contributed by atoms with Crippen molar-refractivity contribution in [1.29, 1.82) is 0 Å². The highest BCUT2D eigenvalue weighted by Crippen LogP contribution is 2.35. The number of rotatable bonds is 4. The molecule has 36 heavy (non-hydrogen) atoms. The Morgan fingerprint density at radius 3 is 2.14 bits per heavy atom. The van der Waals surface area contributed by atoms with Crippen molar-refractivity contribution in [3.63, 3.8) is 0 Å². The van der Waals surface area contributed by atoms with E-state index in [1.54, 1.807) is 0 Å². The third kappa shape index (κ3) is 4.50. The van der Waals surface area contributed by atoms with E-state index in [1.807, 2.05) is 0 Å². The number of hydrogen-bond donors (Lipinski definition) is 0. The van der Waals surface area contributed by atoms with E-state index in [-0.39, 0.29) is 34.2 Å². The molecule has 0 radical (unpaired) electrons. The van der Waals surface area contributed by atoms with Gasteiger partial charge in [0.25, 0.3) is 0 Å². The summed E-state index contributed by atoms with van der Waals surface area (Å²) < 4.78 is 119. The lowest BCUT2D eigenvalue weighted by Gasteiger charge is -2.12. The van der Waals surface area contributed by atoms with Crippen LogP contribution in [-0.2, 0) is 29.2 Å². The van der Waals surface area contributed by atoms with Crippen LogP contribution in [0.3, 0.4) is 0 Å². The van der Waals surface area contributed by atoms with Gasteiger partial charge in [0.05, 0.1) is 33.4 Å². The van der Waals surface area contributed by atoms with Gasteiger partial charge in [-0.2, -0.15) is 26.3 Å². The molecule has 0 aliphatic carbocycles. The summed E-state index contributed by atoms with van der Waals surface area (Å²) in [5.74, 6) is -1.91. The Morgan fingerprint density at radius 2 is 1.56 bits per heavy atom. The molecule has 0 aliphatic rings. The van der Waals surface area contributed by atoms with E-state index >= 15 is 0 Å². The molecule has 0 saturated heterocycles. The van der Waals surface area contributed by atoms with Crippen LogP contribution in [0.15, 0.2) is 41.7 Å². The Labute approximate surface area is 198 Å². The van der Waals surface area contributed by atoms with Gasteiger partial charge in [0, 0.05) is 25.0 Å². The monoisotopic (exact) mass is 533 g/mol. The highest BCUT2D eigenvalue weighted by molar-refractivity contribution is 7.91. The second kappa shape index (κ2) is 8.50. The van der Waals surface area contributed by atoms with Crippen molar-refractivity contribution in [1.82, 2.24) is 24.5 Å². The van der Waals surface area contributed by atoms with Crippen LogP contribution in [0.5, 0.6) is 0 Å². The third-order valence-electron chi connectivity index (χ3n) is 5.28. The first-order valence-corrected chi connectivity index (χ1v) is 11.6. The van der Waals surface area contributed by atoms with Crippen LogP contribution in [0.1, 0.15) is 18.2 Å². The summed E-state index contributed by atoms with van der Waals surface area (Å²) in [5, 5.41) is 0. The molecule has 4 aromatic heterocycles. The van der Waals surface area contributed by atoms with Gasteiger partial charge in [0.15, 0.2) is 15.7 Å². The molecule has 7 nitrogen and oxygen atoms in total. The third-order valence-corrected chi connectivity index (χ3v) is 7.02. The summed E-state index contributed by atoms with van der Waals surface area (Å²) >= 11 is 0. The second-order valence-electron chi connectivity index (χ2n) is 7.58. The Kier molecular flexibility index (Phi) is 6.01. The number of aryl methyl sites for hydroxylation is 1.